The highest BCUT2D eigenvalue weighted by atomic mass is 28.3. The van der Waals surface area contributed by atoms with Crippen LogP contribution >= 0.6 is 0 Å². The van der Waals surface area contributed by atoms with E-state index in [-0.39, 0.29) is 6.10 Å². The maximum absolute atomic E-state index is 5.67. The van der Waals surface area contributed by atoms with E-state index in [0.29, 0.717) is 6.73 Å². The van der Waals surface area contributed by atoms with E-state index < -0.39 is 8.07 Å². The molecule has 4 nitrogen and oxygen atoms in total. The first-order valence-electron chi connectivity index (χ1n) is 5.77. The van der Waals surface area contributed by atoms with E-state index in [2.05, 4.69) is 24.6 Å². The second-order valence-electron chi connectivity index (χ2n) is 5.43. The Morgan fingerprint density at radius 1 is 1.56 bits per heavy atom. The van der Waals surface area contributed by atoms with Gasteiger partial charge in [0.05, 0.1) is 6.61 Å². The summed E-state index contributed by atoms with van der Waals surface area (Å²) >= 11 is 0. The van der Waals surface area contributed by atoms with E-state index in [4.69, 9.17) is 9.47 Å². The van der Waals surface area contributed by atoms with Crippen LogP contribution in [-0.4, -0.2) is 30.8 Å². The zero-order valence-electron chi connectivity index (χ0n) is 10.3. The summed E-state index contributed by atoms with van der Waals surface area (Å²) in [5.74, 6) is 0.994. The van der Waals surface area contributed by atoms with Crippen LogP contribution in [0.2, 0.25) is 25.7 Å². The molecule has 90 valence electrons. The summed E-state index contributed by atoms with van der Waals surface area (Å²) in [6, 6.07) is 1.21. The van der Waals surface area contributed by atoms with Crippen LogP contribution in [0.3, 0.4) is 0 Å². The molecule has 0 bridgehead atoms. The predicted molar refractivity (Wildman–Crippen MR) is 65.0 cm³/mol. The number of nitrogens with zero attached hydrogens (tertiary/aromatic N) is 2. The van der Waals surface area contributed by atoms with Crippen LogP contribution < -0.4 is 0 Å². The first-order chi connectivity index (χ1) is 7.56. The molecule has 0 radical (unpaired) electrons. The summed E-state index contributed by atoms with van der Waals surface area (Å²) in [6.07, 6.45) is 3.96. The normalized spacial score (nSPS) is 20.1. The lowest BCUT2D eigenvalue weighted by Crippen LogP contribution is -2.22. The quantitative estimate of drug-likeness (QED) is 0.435. The van der Waals surface area contributed by atoms with Gasteiger partial charge in [-0.25, -0.2) is 4.98 Å². The average molecular weight is 240 g/mol. The van der Waals surface area contributed by atoms with Gasteiger partial charge in [-0.15, -0.1) is 0 Å². The van der Waals surface area contributed by atoms with Crippen LogP contribution in [0.5, 0.6) is 0 Å². The van der Waals surface area contributed by atoms with Gasteiger partial charge >= 0.3 is 0 Å². The molecule has 2 heterocycles. The van der Waals surface area contributed by atoms with Crippen LogP contribution in [0.25, 0.3) is 0 Å². The molecule has 5 heteroatoms. The molecule has 0 spiro atoms. The van der Waals surface area contributed by atoms with Gasteiger partial charge in [-0.05, 0) is 6.04 Å². The molecule has 16 heavy (non-hydrogen) atoms. The number of ether oxygens (including phenoxy) is 2. The fourth-order valence-corrected chi connectivity index (χ4v) is 2.21. The van der Waals surface area contributed by atoms with Crippen molar-refractivity contribution in [3.63, 3.8) is 0 Å². The number of hydrogen-bond donors (Lipinski definition) is 0. The van der Waals surface area contributed by atoms with Crippen molar-refractivity contribution in [1.82, 2.24) is 9.55 Å². The highest BCUT2D eigenvalue weighted by Gasteiger charge is 2.29. The van der Waals surface area contributed by atoms with Crippen molar-refractivity contribution in [2.45, 2.75) is 38.5 Å². The molecule has 1 aromatic rings. The zero-order valence-corrected chi connectivity index (χ0v) is 11.3. The first-order valence-corrected chi connectivity index (χ1v) is 9.47. The first kappa shape index (κ1) is 11.8. The van der Waals surface area contributed by atoms with Crippen LogP contribution in [0.15, 0.2) is 12.4 Å². The second kappa shape index (κ2) is 4.69. The Balaban J connectivity index is 1.74. The number of epoxide rings is 1. The molecule has 1 aliphatic heterocycles. The molecular weight excluding hydrogens is 220 g/mol. The Morgan fingerprint density at radius 2 is 2.31 bits per heavy atom. The van der Waals surface area contributed by atoms with E-state index in [1.807, 2.05) is 10.8 Å². The second-order valence-corrected chi connectivity index (χ2v) is 11.0. The summed E-state index contributed by atoms with van der Waals surface area (Å²) < 4.78 is 12.9. The van der Waals surface area contributed by atoms with Crippen LogP contribution in [-0.2, 0) is 16.2 Å². The molecule has 0 saturated carbocycles. The molecule has 0 amide bonds. The lowest BCUT2D eigenvalue weighted by Gasteiger charge is -2.15. The van der Waals surface area contributed by atoms with Crippen LogP contribution in [0.1, 0.15) is 11.9 Å². The molecule has 1 atom stereocenters. The predicted octanol–water partition coefficient (Wildman–Crippen LogP) is 2.27. The highest BCUT2D eigenvalue weighted by Crippen LogP contribution is 2.28. The minimum Gasteiger partial charge on any atom is -0.365 e. The smallest absolute Gasteiger partial charge is 0.142 e. The van der Waals surface area contributed by atoms with Gasteiger partial charge in [0.2, 0.25) is 0 Å². The van der Waals surface area contributed by atoms with Crippen molar-refractivity contribution in [3.8, 4) is 0 Å². The van der Waals surface area contributed by atoms with Gasteiger partial charge in [0.1, 0.15) is 18.7 Å². The Bertz CT molecular complexity index is 342. The van der Waals surface area contributed by atoms with Crippen molar-refractivity contribution in [1.29, 1.82) is 0 Å². The molecule has 0 aliphatic carbocycles. The summed E-state index contributed by atoms with van der Waals surface area (Å²) in [4.78, 5) is 4.27. The number of rotatable bonds is 6. The van der Waals surface area contributed by atoms with Gasteiger partial charge in [0.15, 0.2) is 0 Å². The monoisotopic (exact) mass is 240 g/mol. The standard InChI is InChI=1S/C11H20N2O2Si/c1-16(2,3)7-6-14-9-13-5-4-12-11(13)10-8-15-10/h4-5,10H,6-9H2,1-3H3. The molecule has 1 saturated heterocycles. The van der Waals surface area contributed by atoms with Crippen LogP contribution in [0.4, 0.5) is 0 Å². The van der Waals surface area contributed by atoms with Gasteiger partial charge in [-0.3, -0.25) is 0 Å². The van der Waals surface area contributed by atoms with E-state index in [1.165, 1.54) is 6.04 Å². The van der Waals surface area contributed by atoms with Crippen molar-refractivity contribution in [2.24, 2.45) is 0 Å². The summed E-state index contributed by atoms with van der Waals surface area (Å²) in [5, 5.41) is 0. The van der Waals surface area contributed by atoms with Gasteiger partial charge in [-0.2, -0.15) is 0 Å². The van der Waals surface area contributed by atoms with Crippen molar-refractivity contribution in [2.75, 3.05) is 13.2 Å². The number of hydrogen-bond acceptors (Lipinski definition) is 3. The Morgan fingerprint density at radius 3 is 2.94 bits per heavy atom. The van der Waals surface area contributed by atoms with Gasteiger partial charge in [0.25, 0.3) is 0 Å². The molecule has 1 aliphatic rings. The minimum atomic E-state index is -0.977. The lowest BCUT2D eigenvalue weighted by molar-refractivity contribution is 0.0841. The fraction of sp³-hybridized carbons (Fsp3) is 0.727. The Kier molecular flexibility index (Phi) is 3.46. The van der Waals surface area contributed by atoms with E-state index >= 15 is 0 Å². The summed E-state index contributed by atoms with van der Waals surface area (Å²) in [7, 11) is -0.977. The molecule has 0 aromatic carbocycles. The van der Waals surface area contributed by atoms with E-state index in [0.717, 1.165) is 19.0 Å². The van der Waals surface area contributed by atoms with Gasteiger partial charge in [0, 0.05) is 27.1 Å². The molecule has 1 fully saturated rings. The van der Waals surface area contributed by atoms with Crippen molar-refractivity contribution >= 4 is 8.07 Å². The van der Waals surface area contributed by atoms with Gasteiger partial charge < -0.3 is 14.0 Å². The zero-order chi connectivity index (χ0) is 11.6. The largest absolute Gasteiger partial charge is 0.365 e. The minimum absolute atomic E-state index is 0.204. The van der Waals surface area contributed by atoms with Crippen molar-refractivity contribution < 1.29 is 9.47 Å². The fourth-order valence-electron chi connectivity index (χ4n) is 1.46. The van der Waals surface area contributed by atoms with E-state index in [9.17, 15) is 0 Å². The number of imidazole rings is 1. The topological polar surface area (TPSA) is 39.6 Å². The van der Waals surface area contributed by atoms with E-state index in [1.54, 1.807) is 6.20 Å². The Labute approximate surface area is 97.6 Å². The Hall–Kier alpha value is -0.653. The third-order valence-electron chi connectivity index (χ3n) is 2.60. The number of aromatic nitrogens is 2. The molecule has 0 N–H and O–H groups in total. The third-order valence-corrected chi connectivity index (χ3v) is 4.30. The maximum Gasteiger partial charge on any atom is 0.142 e. The maximum atomic E-state index is 5.67. The highest BCUT2D eigenvalue weighted by molar-refractivity contribution is 6.76. The van der Waals surface area contributed by atoms with Crippen molar-refractivity contribution in [3.05, 3.63) is 18.2 Å². The molecular formula is C11H20N2O2Si. The molecule has 2 rings (SSSR count). The third kappa shape index (κ3) is 3.43. The average Bonchev–Trinajstić information content (AvgIpc) is 2.92. The summed E-state index contributed by atoms with van der Waals surface area (Å²) in [5.41, 5.74) is 0. The molecule has 1 aromatic heterocycles. The van der Waals surface area contributed by atoms with Crippen LogP contribution in [0, 0.1) is 0 Å². The molecule has 1 unspecified atom stereocenters. The lowest BCUT2D eigenvalue weighted by atomic mass is 10.4. The summed E-state index contributed by atoms with van der Waals surface area (Å²) in [6.45, 7) is 9.32. The van der Waals surface area contributed by atoms with Gasteiger partial charge in [-0.1, -0.05) is 19.6 Å². The SMILES string of the molecule is C[Si](C)(C)CCOCn1ccnc1C1CO1.